The SMILES string of the molecule is CC[C@H]1O[C@@H](n2cnc3c(N)ncnc32)C[C@H]1OP([O-])(=S)OC[C@H]1O[C@@H](n2cnc3c(=O)[nH]c(N)nc32)C(OCCOC)[C@H]1OP(=O)([O-])OC[C@H]1O[C@@H](n2cc(C)c(N)nc2=O)C(OCCOC)[C@H]1OP(=O)([O-])OC[C@H]1O[C@@H](n2cc(C)c(=O)[nH]c2=O)C(OCCOC)[C@H]1OP(=O)([S-])OC[C@H]1O[C@@H](n2cnc3c(N)ncnc32)C(OCCOC)[C@H]1OP([O-])(=S)OC[C@H]1O[C@@H](n2cc(C)c(N)nc2=O)C(OCCOC)[C@H]1O. The number of hydrogen-bond acceptors (Lipinski definition) is 57. The molecule has 146 heavy (non-hydrogen) atoms. The van der Waals surface area contributed by atoms with Crippen LogP contribution < -0.4 is 76.4 Å². The molecule has 10 unspecified atom stereocenters. The zero-order chi connectivity index (χ0) is 105. The lowest BCUT2D eigenvalue weighted by atomic mass is 10.1. The smallest absolute Gasteiger partial charge is 0.351 e. The number of imidazole rings is 3. The molecule has 0 aromatic carbocycles. The lowest BCUT2D eigenvalue weighted by molar-refractivity contribution is -0.241. The van der Waals surface area contributed by atoms with Crippen LogP contribution in [0.25, 0.3) is 33.5 Å². The number of ether oxygens (including phenoxy) is 16. The van der Waals surface area contributed by atoms with Crippen LogP contribution in [0.2, 0.25) is 0 Å². The van der Waals surface area contributed by atoms with Gasteiger partial charge < -0.3 is 187 Å². The number of aryl methyl sites for hydroxylation is 3. The molecule has 6 aliphatic heterocycles. The molecule has 9 aromatic rings. The highest BCUT2D eigenvalue weighted by atomic mass is 32.7. The van der Waals surface area contributed by atoms with E-state index >= 15 is 28.4 Å². The minimum absolute atomic E-state index is 0.00171. The van der Waals surface area contributed by atoms with E-state index in [1.165, 1.54) is 79.1 Å². The van der Waals surface area contributed by atoms with Gasteiger partial charge in [-0.25, -0.2) is 49.3 Å². The van der Waals surface area contributed by atoms with E-state index in [2.05, 4.69) is 59.8 Å². The minimum Gasteiger partial charge on any atom is -0.780 e. The molecule has 13 N–H and O–H groups in total. The molecule has 15 rings (SSSR count). The van der Waals surface area contributed by atoms with Gasteiger partial charge >= 0.3 is 17.1 Å². The predicted molar refractivity (Wildman–Crippen MR) is 499 cm³/mol. The lowest BCUT2D eigenvalue weighted by Crippen LogP contribution is -2.42. The molecule has 70 heteroatoms. The summed E-state index contributed by atoms with van der Waals surface area (Å²) in [6.45, 7) is -17.1. The van der Waals surface area contributed by atoms with Gasteiger partial charge in [-0.05, 0) is 27.2 Å². The molecule has 15 heterocycles. The van der Waals surface area contributed by atoms with Crippen molar-refractivity contribution >= 4 is 134 Å². The Kier molecular flexibility index (Phi) is 37.1. The number of phosphoric acid groups is 2. The van der Waals surface area contributed by atoms with Crippen molar-refractivity contribution in [2.45, 2.75) is 182 Å². The maximum Gasteiger partial charge on any atom is 0.351 e. The fraction of sp³-hybridized carbons (Fsp3) is 0.645. The van der Waals surface area contributed by atoms with Crippen LogP contribution in [0.3, 0.4) is 0 Å². The molecule has 0 spiro atoms. The molecule has 62 nitrogen and oxygen atoms in total. The molecular formula is C76H105N23O39P5S3-5. The van der Waals surface area contributed by atoms with Gasteiger partial charge in [-0.15, -0.1) is 0 Å². The van der Waals surface area contributed by atoms with Crippen LogP contribution in [0.15, 0.2) is 74.2 Å². The Morgan fingerprint density at radius 3 is 1.28 bits per heavy atom. The third kappa shape index (κ3) is 26.0. The highest BCUT2D eigenvalue weighted by Gasteiger charge is 2.57. The van der Waals surface area contributed by atoms with Crippen molar-refractivity contribution in [2.75, 3.05) is 163 Å². The lowest BCUT2D eigenvalue weighted by Gasteiger charge is -2.36. The van der Waals surface area contributed by atoms with Crippen molar-refractivity contribution in [3.8, 4) is 0 Å². The number of rotatable bonds is 52. The number of nitrogens with zero attached hydrogens (tertiary/aromatic N) is 16. The normalized spacial score (nSPS) is 29.1. The molecule has 0 saturated carbocycles. The number of anilines is 5. The van der Waals surface area contributed by atoms with E-state index in [1.54, 1.807) is 18.4 Å². The number of aromatic amines is 2. The topological polar surface area (TPSA) is 809 Å². The molecule has 6 saturated heterocycles. The third-order valence-electron chi connectivity index (χ3n) is 23.7. The quantitative estimate of drug-likeness (QED) is 0.0103. The van der Waals surface area contributed by atoms with Crippen molar-refractivity contribution < 1.29 is 159 Å². The molecule has 6 aliphatic rings. The van der Waals surface area contributed by atoms with Crippen LogP contribution in [0, 0.1) is 20.8 Å². The number of hydrogen-bond donors (Lipinski definition) is 8. The van der Waals surface area contributed by atoms with Gasteiger partial charge in [0, 0.05) is 77.3 Å². The number of fused-ring (bicyclic) bond motifs is 3. The van der Waals surface area contributed by atoms with Crippen molar-refractivity contribution in [1.82, 2.24) is 87.2 Å². The summed E-state index contributed by atoms with van der Waals surface area (Å²) in [6, 6.07) is 0. The van der Waals surface area contributed by atoms with Crippen LogP contribution in [-0.4, -0.2) is 331 Å². The average molecular weight is 2220 g/mol. The highest BCUT2D eigenvalue weighted by Crippen LogP contribution is 2.57. The third-order valence-corrected chi connectivity index (χ3v) is 30.3. The van der Waals surface area contributed by atoms with Gasteiger partial charge in [0.1, 0.15) is 147 Å². The van der Waals surface area contributed by atoms with E-state index in [-0.39, 0.29) is 128 Å². The van der Waals surface area contributed by atoms with Gasteiger partial charge in [-0.1, -0.05) is 30.5 Å². The Morgan fingerprint density at radius 2 is 0.801 bits per heavy atom. The van der Waals surface area contributed by atoms with Gasteiger partial charge in [0.2, 0.25) is 5.95 Å². The Hall–Kier alpha value is -8.01. The summed E-state index contributed by atoms with van der Waals surface area (Å²) in [7, 11) is -5.74. The van der Waals surface area contributed by atoms with E-state index in [4.69, 9.17) is 186 Å². The van der Waals surface area contributed by atoms with E-state index in [0.29, 0.717) is 11.2 Å². The van der Waals surface area contributed by atoms with Crippen LogP contribution in [0.4, 0.5) is 29.2 Å². The first-order valence-electron chi connectivity index (χ1n) is 44.5. The number of aromatic nitrogens is 18. The van der Waals surface area contributed by atoms with Crippen LogP contribution in [-0.2, 0) is 171 Å². The molecule has 6 fully saturated rings. The summed E-state index contributed by atoms with van der Waals surface area (Å²) < 4.78 is 208. The molecule has 28 atom stereocenters. The molecular weight excluding hydrogens is 2110 g/mol. The second-order valence-electron chi connectivity index (χ2n) is 33.3. The second kappa shape index (κ2) is 48.3. The number of aliphatic hydroxyl groups excluding tert-OH is 1. The summed E-state index contributed by atoms with van der Waals surface area (Å²) >= 11 is 16.8. The zero-order valence-electron chi connectivity index (χ0n) is 78.9. The first-order chi connectivity index (χ1) is 69.6. The monoisotopic (exact) mass is 2210 g/mol. The fourth-order valence-corrected chi connectivity index (χ4v) is 22.9. The first kappa shape index (κ1) is 112. The number of methoxy groups -OCH3 is 5. The maximum absolute atomic E-state index is 15.6. The van der Waals surface area contributed by atoms with Gasteiger partial charge in [0.15, 0.2) is 72.0 Å². The standard InChI is InChI=1S/C76H110N23O39P5S3/c1-10-38-39(21-45(128-38)97-32-86-46-61(79)82-30-84-63(46)97)134-141(110,144)126-28-43-51(56(120-18-13-115-7)72(132-43)99-34-88-48-65(99)91-73(81)92-67(48)102)136-139(106,107)123-26-41-50(55(119-17-12-114-6)69(130-41)95-23-36(3)60(78)90-75(95)104)135-140(108,109)124-27-42-52(57(121-19-14-116-8)70(131-42)96-24-37(4)66(101)93-76(96)105)137-143(112,146)127-29-44-53(58(122-20-15-117-9)71(133-44)98-33-87-47-62(80)83-31-85-64(47)98)138-142(111,145)125-25-40-49(100)54(118-16-11-113-5)68(129-40)94-22-35(2)59(77)89-74(94)103/h22-24,30-34,38-45,49-58,68-72,100H,10-21,25-29H2,1-9H3,(H,106,107)(H,108,109)(H,110,144)(H,111,145)(H,112,146)(H2,77,89,103)(H2,78,90,104)(H2,79,82,84)(H2,80,83,85)(H,93,101,105)(H3,81,91,92,102)/p-5/t38-,39-,40-,41-,42-,43-,44-,45-,49+,50+,51+,52+,53+,54?,55?,56?,57?,58?,68-,69-,70-,71-,72-,141?,142?,143?/m1/s1. The number of aliphatic hydroxyl groups is 1. The predicted octanol–water partition coefficient (Wildman–Crippen LogP) is -3.83. The Balaban J connectivity index is 0.719. The largest absolute Gasteiger partial charge is 0.780 e. The fourth-order valence-electron chi connectivity index (χ4n) is 16.7. The molecule has 0 bridgehead atoms. The van der Waals surface area contributed by atoms with Crippen molar-refractivity contribution in [2.24, 2.45) is 0 Å². The highest BCUT2D eigenvalue weighted by molar-refractivity contribution is 8.32. The van der Waals surface area contributed by atoms with Crippen LogP contribution >= 0.6 is 35.9 Å². The average Bonchev–Trinajstić information content (AvgIpc) is 1.61. The Bertz CT molecular complexity index is 6640. The Labute approximate surface area is 840 Å². The molecule has 0 aliphatic carbocycles. The summed E-state index contributed by atoms with van der Waals surface area (Å²) in [6.07, 6.45) is -28.3. The number of nitrogen functional groups attached to an aromatic ring is 5. The zero-order valence-corrected chi connectivity index (χ0v) is 85.8. The molecule has 9 aromatic heterocycles. The van der Waals surface area contributed by atoms with Gasteiger partial charge in [-0.2, -0.15) is 15.0 Å². The van der Waals surface area contributed by atoms with Crippen LogP contribution in [0.5, 0.6) is 0 Å². The summed E-state index contributed by atoms with van der Waals surface area (Å²) in [5, 5.41) is 11.8. The number of phosphoric ester groups is 2. The van der Waals surface area contributed by atoms with Gasteiger partial charge in [0.05, 0.1) is 130 Å². The Morgan fingerprint density at radius 1 is 0.418 bits per heavy atom. The van der Waals surface area contributed by atoms with E-state index < -0.39 is 257 Å². The minimum atomic E-state index is -6.24. The summed E-state index contributed by atoms with van der Waals surface area (Å²) in [5.41, 5.74) is 26.0. The van der Waals surface area contributed by atoms with E-state index in [9.17, 15) is 34.0 Å². The van der Waals surface area contributed by atoms with Crippen LogP contribution in [0.1, 0.15) is 73.8 Å². The van der Waals surface area contributed by atoms with E-state index in [1.807, 2.05) is 0 Å². The van der Waals surface area contributed by atoms with Gasteiger partial charge in [-0.3, -0.25) is 60.7 Å². The maximum atomic E-state index is 15.6. The van der Waals surface area contributed by atoms with Gasteiger partial charge in [0.25, 0.3) is 26.8 Å². The first-order valence-corrected chi connectivity index (χ1v) is 55.1. The number of H-pyrrole nitrogens is 2. The summed E-state index contributed by atoms with van der Waals surface area (Å²) in [5.74, 6) is -0.765. The number of nitrogens with two attached hydrogens (primary N) is 5. The molecule has 0 radical (unpaired) electrons. The molecule has 0 amide bonds. The van der Waals surface area contributed by atoms with Crippen molar-refractivity contribution in [3.63, 3.8) is 0 Å². The van der Waals surface area contributed by atoms with E-state index in [0.717, 1.165) is 43.3 Å². The van der Waals surface area contributed by atoms with Crippen molar-refractivity contribution in [3.05, 3.63) is 119 Å². The van der Waals surface area contributed by atoms with Crippen molar-refractivity contribution in [1.29, 1.82) is 0 Å². The molecule has 806 valence electrons. The number of nitrogens with one attached hydrogen (secondary N) is 2. The second-order valence-corrected chi connectivity index (χ2v) is 44.1. The summed E-state index contributed by atoms with van der Waals surface area (Å²) in [4.78, 5) is 174.